The molecule has 0 radical (unpaired) electrons. The van der Waals surface area contributed by atoms with Crippen molar-refractivity contribution in [2.75, 3.05) is 6.61 Å². The van der Waals surface area contributed by atoms with Crippen LogP contribution in [0.2, 0.25) is 0 Å². The maximum atomic E-state index is 10.2. The smallest absolute Gasteiger partial charge is 0.747 e. The van der Waals surface area contributed by atoms with Crippen molar-refractivity contribution in [3.63, 3.8) is 0 Å². The van der Waals surface area contributed by atoms with E-state index in [0.29, 0.717) is 0 Å². The van der Waals surface area contributed by atoms with Gasteiger partial charge in [-0.1, -0.05) is 0 Å². The zero-order chi connectivity index (χ0) is 7.71. The van der Waals surface area contributed by atoms with Gasteiger partial charge < -0.3 is 9.66 Å². The Morgan fingerprint density at radius 2 is 1.80 bits per heavy atom. The first-order chi connectivity index (χ1) is 3.81. The maximum absolute atomic E-state index is 10.2. The van der Waals surface area contributed by atoms with E-state index in [1.54, 1.807) is 0 Å². The topological polar surface area (TPSA) is 77.4 Å². The van der Waals surface area contributed by atoms with Gasteiger partial charge >= 0.3 is 29.6 Å². The Morgan fingerprint density at radius 3 is 1.80 bits per heavy atom. The third kappa shape index (κ3) is 3.32. The summed E-state index contributed by atoms with van der Waals surface area (Å²) in [5, 5.41) is 8.35. The minimum absolute atomic E-state index is 0. The first-order valence-corrected chi connectivity index (χ1v) is 3.78. The van der Waals surface area contributed by atoms with Gasteiger partial charge in [0, 0.05) is 0 Å². The van der Waals surface area contributed by atoms with Gasteiger partial charge in [-0.15, -0.1) is 0 Å². The van der Waals surface area contributed by atoms with E-state index in [9.17, 15) is 13.0 Å². The quantitative estimate of drug-likeness (QED) is 0.347. The average molecular weight is 176 g/mol. The number of rotatable bonds is 2. The first-order valence-electron chi connectivity index (χ1n) is 2.37. The molecule has 0 aromatic carbocycles. The van der Waals surface area contributed by atoms with E-state index in [0.717, 1.165) is 0 Å². The van der Waals surface area contributed by atoms with Crippen LogP contribution in [0.1, 0.15) is 13.8 Å². The largest absolute Gasteiger partial charge is 1.00 e. The molecule has 0 bridgehead atoms. The number of hydrogen-bond acceptors (Lipinski definition) is 4. The summed E-state index contributed by atoms with van der Waals surface area (Å²) >= 11 is 0. The molecule has 0 spiro atoms. The van der Waals surface area contributed by atoms with Crippen LogP contribution in [0, 0.1) is 0 Å². The van der Waals surface area contributed by atoms with E-state index in [2.05, 4.69) is 0 Å². The molecule has 0 aromatic heterocycles. The Balaban J connectivity index is 0. The SMILES string of the molecule is CC(C)(CO)S(=O)(=O)[O-].[Na+]. The van der Waals surface area contributed by atoms with E-state index < -0.39 is 21.5 Å². The summed E-state index contributed by atoms with van der Waals surface area (Å²) in [5.74, 6) is 0. The number of hydrogen-bond donors (Lipinski definition) is 1. The molecule has 6 heteroatoms. The van der Waals surface area contributed by atoms with Gasteiger partial charge in [0.05, 0.1) is 11.4 Å². The molecule has 0 heterocycles. The van der Waals surface area contributed by atoms with Crippen LogP contribution < -0.4 is 29.6 Å². The molecule has 0 rings (SSSR count). The normalized spacial score (nSPS) is 12.4. The fourth-order valence-electron chi connectivity index (χ4n) is 0.0791. The van der Waals surface area contributed by atoms with Gasteiger partial charge in [0.15, 0.2) is 0 Å². The molecule has 1 N–H and O–H groups in total. The van der Waals surface area contributed by atoms with E-state index in [4.69, 9.17) is 5.11 Å². The third-order valence-electron chi connectivity index (χ3n) is 1.06. The Hall–Kier alpha value is 0.870. The Morgan fingerprint density at radius 1 is 1.50 bits per heavy atom. The maximum Gasteiger partial charge on any atom is 1.00 e. The van der Waals surface area contributed by atoms with E-state index in [1.165, 1.54) is 13.8 Å². The van der Waals surface area contributed by atoms with Crippen LogP contribution in [0.3, 0.4) is 0 Å². The molecular formula is C4H9NaO4S. The Labute approximate surface area is 82.7 Å². The molecule has 0 fully saturated rings. The van der Waals surface area contributed by atoms with Crippen LogP contribution in [-0.4, -0.2) is 29.4 Å². The Kier molecular flexibility index (Phi) is 5.43. The van der Waals surface area contributed by atoms with Gasteiger partial charge in [-0.2, -0.15) is 0 Å². The van der Waals surface area contributed by atoms with Gasteiger partial charge in [-0.25, -0.2) is 8.42 Å². The van der Waals surface area contributed by atoms with Crippen molar-refractivity contribution in [1.29, 1.82) is 0 Å². The molecule has 0 aromatic rings. The van der Waals surface area contributed by atoms with Crippen LogP contribution >= 0.6 is 0 Å². The summed E-state index contributed by atoms with van der Waals surface area (Å²) in [6, 6.07) is 0. The molecule has 0 atom stereocenters. The number of aliphatic hydroxyl groups is 1. The molecule has 0 unspecified atom stereocenters. The van der Waals surface area contributed by atoms with Crippen molar-refractivity contribution >= 4 is 10.1 Å². The van der Waals surface area contributed by atoms with Crippen molar-refractivity contribution in [2.45, 2.75) is 18.6 Å². The van der Waals surface area contributed by atoms with Crippen LogP contribution in [-0.2, 0) is 10.1 Å². The van der Waals surface area contributed by atoms with Gasteiger partial charge in [-0.05, 0) is 13.8 Å². The van der Waals surface area contributed by atoms with Crippen molar-refractivity contribution in [3.05, 3.63) is 0 Å². The zero-order valence-corrected chi connectivity index (χ0v) is 9.10. The Bertz CT molecular complexity index is 183. The second-order valence-electron chi connectivity index (χ2n) is 2.37. The minimum atomic E-state index is -4.35. The fourth-order valence-corrected chi connectivity index (χ4v) is 0.237. The first kappa shape index (κ1) is 13.5. The summed E-state index contributed by atoms with van der Waals surface area (Å²) in [7, 11) is -4.35. The van der Waals surface area contributed by atoms with Crippen molar-refractivity contribution in [1.82, 2.24) is 0 Å². The molecule has 0 aliphatic rings. The van der Waals surface area contributed by atoms with Crippen LogP contribution in [0.4, 0.5) is 0 Å². The molecule has 0 aliphatic heterocycles. The van der Waals surface area contributed by atoms with Crippen LogP contribution in [0.25, 0.3) is 0 Å². The molecule has 0 aliphatic carbocycles. The van der Waals surface area contributed by atoms with Gasteiger partial charge in [0.1, 0.15) is 10.1 Å². The predicted octanol–water partition coefficient (Wildman–Crippen LogP) is -3.69. The van der Waals surface area contributed by atoms with Crippen molar-refractivity contribution in [2.24, 2.45) is 0 Å². The summed E-state index contributed by atoms with van der Waals surface area (Å²) < 4.78 is 29.0. The van der Waals surface area contributed by atoms with Gasteiger partial charge in [0.25, 0.3) is 0 Å². The molecule has 0 saturated heterocycles. The van der Waals surface area contributed by atoms with E-state index in [-0.39, 0.29) is 29.6 Å². The molecular weight excluding hydrogens is 167 g/mol. The van der Waals surface area contributed by atoms with Gasteiger partial charge in [0.2, 0.25) is 0 Å². The van der Waals surface area contributed by atoms with E-state index in [1.807, 2.05) is 0 Å². The van der Waals surface area contributed by atoms with E-state index >= 15 is 0 Å². The summed E-state index contributed by atoms with van der Waals surface area (Å²) in [4.78, 5) is 0. The average Bonchev–Trinajstić information content (AvgIpc) is 1.64. The van der Waals surface area contributed by atoms with Crippen molar-refractivity contribution in [3.8, 4) is 0 Å². The third-order valence-corrected chi connectivity index (χ3v) is 2.54. The second-order valence-corrected chi connectivity index (χ2v) is 4.39. The molecule has 4 nitrogen and oxygen atoms in total. The number of aliphatic hydroxyl groups excluding tert-OH is 1. The van der Waals surface area contributed by atoms with Crippen molar-refractivity contribution < 1.29 is 47.6 Å². The second kappa shape index (κ2) is 4.04. The van der Waals surface area contributed by atoms with Crippen LogP contribution in [0.5, 0.6) is 0 Å². The standard InChI is InChI=1S/C4H10O4S.Na/c1-4(2,3-5)9(6,7)8;/h5H,3H2,1-2H3,(H,6,7,8);/q;+1/p-1. The molecule has 10 heavy (non-hydrogen) atoms. The summed E-state index contributed by atoms with van der Waals surface area (Å²) in [6.07, 6.45) is 0. The monoisotopic (exact) mass is 176 g/mol. The van der Waals surface area contributed by atoms with Crippen LogP contribution in [0.15, 0.2) is 0 Å². The molecule has 0 amide bonds. The summed E-state index contributed by atoms with van der Waals surface area (Å²) in [5.41, 5.74) is 0. The molecule has 56 valence electrons. The minimum Gasteiger partial charge on any atom is -0.747 e. The fraction of sp³-hybridized carbons (Fsp3) is 1.00. The predicted molar refractivity (Wildman–Crippen MR) is 30.9 cm³/mol. The van der Waals surface area contributed by atoms with Gasteiger partial charge in [-0.3, -0.25) is 0 Å². The zero-order valence-electron chi connectivity index (χ0n) is 6.29. The molecule has 0 saturated carbocycles. The summed E-state index contributed by atoms with van der Waals surface area (Å²) in [6.45, 7) is 1.71.